The first-order valence-corrected chi connectivity index (χ1v) is 10.4. The fourth-order valence-electron chi connectivity index (χ4n) is 3.90. The lowest BCUT2D eigenvalue weighted by molar-refractivity contribution is -0.361. The van der Waals surface area contributed by atoms with Crippen LogP contribution in [0, 0.1) is 0 Å². The van der Waals surface area contributed by atoms with Gasteiger partial charge in [-0.25, -0.2) is 0 Å². The SMILES string of the molecule is C[C@@H]1O[C@@H](O[C@H]2[C@H](O)[C@@H](O)[C@H](OC[C@H]3O[C@@H](O)[C@H](O)[C@@H](O)[C@@H]3O)O[C@@H]2CO)[C@H](O)[C@H](O)[C@H]1O. The van der Waals surface area contributed by atoms with Crippen molar-refractivity contribution in [3.8, 4) is 0 Å². The minimum atomic E-state index is -1.80. The highest BCUT2D eigenvalue weighted by Crippen LogP contribution is 2.30. The average molecular weight is 488 g/mol. The van der Waals surface area contributed by atoms with Crippen LogP contribution in [0.3, 0.4) is 0 Å². The molecule has 3 fully saturated rings. The molecule has 3 aliphatic heterocycles. The van der Waals surface area contributed by atoms with Crippen molar-refractivity contribution in [2.75, 3.05) is 13.2 Å². The van der Waals surface area contributed by atoms with Crippen molar-refractivity contribution in [2.45, 2.75) is 99.0 Å². The zero-order valence-electron chi connectivity index (χ0n) is 17.6. The Morgan fingerprint density at radius 2 is 1.21 bits per heavy atom. The van der Waals surface area contributed by atoms with Gasteiger partial charge in [0, 0.05) is 0 Å². The Morgan fingerprint density at radius 1 is 0.606 bits per heavy atom. The van der Waals surface area contributed by atoms with E-state index in [1.807, 2.05) is 0 Å². The van der Waals surface area contributed by atoms with Gasteiger partial charge in [-0.15, -0.1) is 0 Å². The Bertz CT molecular complexity index is 622. The maximum absolute atomic E-state index is 10.5. The highest BCUT2D eigenvalue weighted by Gasteiger charge is 2.51. The smallest absolute Gasteiger partial charge is 0.187 e. The average Bonchev–Trinajstić information content (AvgIpc) is 2.79. The molecule has 10 N–H and O–H groups in total. The van der Waals surface area contributed by atoms with E-state index in [9.17, 15) is 51.1 Å². The third-order valence-corrected chi connectivity index (χ3v) is 6.03. The second-order valence-corrected chi connectivity index (χ2v) is 8.36. The number of rotatable bonds is 6. The minimum absolute atomic E-state index is 0.549. The van der Waals surface area contributed by atoms with Gasteiger partial charge in [0.05, 0.1) is 19.3 Å². The molecule has 194 valence electrons. The predicted octanol–water partition coefficient (Wildman–Crippen LogP) is -6.55. The van der Waals surface area contributed by atoms with Gasteiger partial charge in [0.15, 0.2) is 18.9 Å². The molecule has 0 aliphatic carbocycles. The molecule has 3 aliphatic rings. The van der Waals surface area contributed by atoms with Gasteiger partial charge in [0.1, 0.15) is 67.1 Å². The highest BCUT2D eigenvalue weighted by atomic mass is 16.7. The topological polar surface area (TPSA) is 248 Å². The van der Waals surface area contributed by atoms with Crippen molar-refractivity contribution in [3.63, 3.8) is 0 Å². The fourth-order valence-corrected chi connectivity index (χ4v) is 3.90. The molecular formula is C18H32O15. The maximum atomic E-state index is 10.5. The van der Waals surface area contributed by atoms with Crippen LogP contribution in [-0.2, 0) is 23.7 Å². The molecule has 0 aromatic rings. The van der Waals surface area contributed by atoms with Crippen LogP contribution in [0.2, 0.25) is 0 Å². The lowest BCUT2D eigenvalue weighted by Crippen LogP contribution is -2.64. The van der Waals surface area contributed by atoms with E-state index >= 15 is 0 Å². The Morgan fingerprint density at radius 3 is 1.85 bits per heavy atom. The molecule has 3 saturated heterocycles. The Hall–Kier alpha value is -0.600. The molecule has 3 rings (SSSR count). The van der Waals surface area contributed by atoms with Crippen molar-refractivity contribution < 1.29 is 74.7 Å². The van der Waals surface area contributed by atoms with E-state index in [1.54, 1.807) is 0 Å². The van der Waals surface area contributed by atoms with Crippen LogP contribution in [0.1, 0.15) is 6.92 Å². The summed E-state index contributed by atoms with van der Waals surface area (Å²) in [4.78, 5) is 0. The maximum Gasteiger partial charge on any atom is 0.187 e. The first-order chi connectivity index (χ1) is 15.5. The van der Waals surface area contributed by atoms with E-state index in [2.05, 4.69) is 0 Å². The third-order valence-electron chi connectivity index (χ3n) is 6.03. The zero-order chi connectivity index (χ0) is 24.6. The summed E-state index contributed by atoms with van der Waals surface area (Å²) in [6, 6.07) is 0. The summed E-state index contributed by atoms with van der Waals surface area (Å²) in [5.41, 5.74) is 0. The Balaban J connectivity index is 1.62. The highest BCUT2D eigenvalue weighted by molar-refractivity contribution is 4.94. The van der Waals surface area contributed by atoms with Gasteiger partial charge < -0.3 is 74.7 Å². The summed E-state index contributed by atoms with van der Waals surface area (Å²) in [6.45, 7) is 0.136. The van der Waals surface area contributed by atoms with Crippen LogP contribution in [-0.4, -0.2) is 156 Å². The molecule has 0 aromatic carbocycles. The van der Waals surface area contributed by atoms with Crippen molar-refractivity contribution in [2.24, 2.45) is 0 Å². The van der Waals surface area contributed by atoms with E-state index in [-0.39, 0.29) is 0 Å². The quantitative estimate of drug-likeness (QED) is 0.167. The van der Waals surface area contributed by atoms with Gasteiger partial charge in [-0.2, -0.15) is 0 Å². The van der Waals surface area contributed by atoms with Gasteiger partial charge in [0.2, 0.25) is 0 Å². The Kier molecular flexibility index (Phi) is 8.99. The largest absolute Gasteiger partial charge is 0.394 e. The molecular weight excluding hydrogens is 456 g/mol. The predicted molar refractivity (Wildman–Crippen MR) is 99.8 cm³/mol. The van der Waals surface area contributed by atoms with Crippen molar-refractivity contribution in [1.82, 2.24) is 0 Å². The summed E-state index contributed by atoms with van der Waals surface area (Å²) in [5.74, 6) is 0. The second-order valence-electron chi connectivity index (χ2n) is 8.36. The molecule has 0 amide bonds. The van der Waals surface area contributed by atoms with Crippen LogP contribution in [0.5, 0.6) is 0 Å². The number of aliphatic hydroxyl groups is 10. The molecule has 15 atom stereocenters. The van der Waals surface area contributed by atoms with Gasteiger partial charge in [0.25, 0.3) is 0 Å². The van der Waals surface area contributed by atoms with E-state index < -0.39 is 105 Å². The molecule has 3 heterocycles. The van der Waals surface area contributed by atoms with Crippen LogP contribution in [0.4, 0.5) is 0 Å². The second kappa shape index (κ2) is 11.0. The molecule has 0 spiro atoms. The van der Waals surface area contributed by atoms with Gasteiger partial charge in [-0.05, 0) is 6.92 Å². The van der Waals surface area contributed by atoms with Crippen molar-refractivity contribution in [1.29, 1.82) is 0 Å². The Labute approximate surface area is 187 Å². The molecule has 15 nitrogen and oxygen atoms in total. The molecule has 33 heavy (non-hydrogen) atoms. The van der Waals surface area contributed by atoms with Crippen molar-refractivity contribution >= 4 is 0 Å². The van der Waals surface area contributed by atoms with Crippen LogP contribution < -0.4 is 0 Å². The van der Waals surface area contributed by atoms with Crippen LogP contribution >= 0.6 is 0 Å². The molecule has 0 unspecified atom stereocenters. The number of aliphatic hydroxyl groups excluding tert-OH is 10. The summed E-state index contributed by atoms with van der Waals surface area (Å²) in [6.07, 6.45) is -23.3. The summed E-state index contributed by atoms with van der Waals surface area (Å²) >= 11 is 0. The molecule has 0 radical (unpaired) electrons. The normalized spacial score (nSPS) is 53.7. The first-order valence-electron chi connectivity index (χ1n) is 10.4. The van der Waals surface area contributed by atoms with Crippen molar-refractivity contribution in [3.05, 3.63) is 0 Å². The summed E-state index contributed by atoms with van der Waals surface area (Å²) in [5, 5.41) is 99.2. The summed E-state index contributed by atoms with van der Waals surface area (Å²) < 4.78 is 26.4. The number of hydrogen-bond acceptors (Lipinski definition) is 15. The van der Waals surface area contributed by atoms with E-state index in [0.717, 1.165) is 0 Å². The molecule has 15 heteroatoms. The van der Waals surface area contributed by atoms with E-state index in [1.165, 1.54) is 6.92 Å². The fraction of sp³-hybridized carbons (Fsp3) is 1.00. The third kappa shape index (κ3) is 5.48. The van der Waals surface area contributed by atoms with E-state index in [0.29, 0.717) is 0 Å². The van der Waals surface area contributed by atoms with E-state index in [4.69, 9.17) is 23.7 Å². The summed E-state index contributed by atoms with van der Waals surface area (Å²) in [7, 11) is 0. The monoisotopic (exact) mass is 488 g/mol. The number of ether oxygens (including phenoxy) is 5. The van der Waals surface area contributed by atoms with Crippen LogP contribution in [0.25, 0.3) is 0 Å². The standard InChI is InChI=1S/C18H32O15/c1-4-7(20)9(22)13(26)18(30-4)33-15-5(2-19)32-17(14(27)11(15)24)29-3-6-8(21)10(23)12(25)16(28)31-6/h4-28H,2-3H2,1H3/t4-,5+,6+,7-,8+,9+,10-,11+,12+,13+,14+,15+,16+,17+,18-/m0/s1. The van der Waals surface area contributed by atoms with Gasteiger partial charge in [-0.1, -0.05) is 0 Å². The number of hydrogen-bond donors (Lipinski definition) is 10. The lowest BCUT2D eigenvalue weighted by Gasteiger charge is -2.46. The molecule has 0 bridgehead atoms. The lowest BCUT2D eigenvalue weighted by atomic mass is 9.97. The van der Waals surface area contributed by atoms with Crippen LogP contribution in [0.15, 0.2) is 0 Å². The first kappa shape index (κ1) is 27.0. The van der Waals surface area contributed by atoms with Gasteiger partial charge >= 0.3 is 0 Å². The van der Waals surface area contributed by atoms with Gasteiger partial charge in [-0.3, -0.25) is 0 Å². The zero-order valence-corrected chi connectivity index (χ0v) is 17.6. The molecule has 0 saturated carbocycles. The molecule has 0 aromatic heterocycles. The minimum Gasteiger partial charge on any atom is -0.394 e.